The fourth-order valence-corrected chi connectivity index (χ4v) is 3.96. The Morgan fingerprint density at radius 3 is 2.88 bits per heavy atom. The molecule has 86 valence electrons. The number of hydrazone groups is 1. The Morgan fingerprint density at radius 1 is 0.938 bits per heavy atom. The summed E-state index contributed by atoms with van der Waals surface area (Å²) < 4.78 is 0. The number of hydrogen-bond acceptors (Lipinski definition) is 3. The number of hydrogen-bond donors (Lipinski definition) is 0. The molecule has 0 aromatic carbocycles. The van der Waals surface area contributed by atoms with E-state index in [0.717, 1.165) is 12.0 Å². The summed E-state index contributed by atoms with van der Waals surface area (Å²) in [4.78, 5) is 4.94. The molecule has 1 saturated heterocycles. The minimum atomic E-state index is 0.399. The summed E-state index contributed by atoms with van der Waals surface area (Å²) in [6.07, 6.45) is 10.8. The van der Waals surface area contributed by atoms with Crippen LogP contribution in [0.3, 0.4) is 0 Å². The second kappa shape index (κ2) is 3.31. The quantitative estimate of drug-likeness (QED) is 0.613. The van der Waals surface area contributed by atoms with E-state index in [9.17, 15) is 0 Å². The summed E-state index contributed by atoms with van der Waals surface area (Å²) in [5.74, 6) is 0.916. The zero-order valence-electron chi connectivity index (χ0n) is 9.73. The van der Waals surface area contributed by atoms with Gasteiger partial charge in [0.15, 0.2) is 0 Å². The fraction of sp³-hybridized carbons (Fsp3) is 0.846. The minimum Gasteiger partial charge on any atom is -0.269 e. The number of piperidine rings is 1. The molecule has 2 aliphatic heterocycles. The van der Waals surface area contributed by atoms with E-state index in [4.69, 9.17) is 10.1 Å². The molecule has 3 fully saturated rings. The molecule has 3 atom stereocenters. The van der Waals surface area contributed by atoms with Gasteiger partial charge in [0.2, 0.25) is 0 Å². The standard InChI is InChI=1S/C13H19N3/c1-3-9-7-8-13-14-10-4-2-5-11(10)15-16(13)12(9)6-1/h9,12-13H,1-8H2. The maximum absolute atomic E-state index is 4.94. The average molecular weight is 217 g/mol. The topological polar surface area (TPSA) is 28.0 Å². The van der Waals surface area contributed by atoms with Crippen LogP contribution in [-0.4, -0.2) is 28.6 Å². The fourth-order valence-electron chi connectivity index (χ4n) is 3.96. The second-order valence-electron chi connectivity index (χ2n) is 5.67. The highest BCUT2D eigenvalue weighted by molar-refractivity contribution is 6.44. The van der Waals surface area contributed by atoms with Crippen molar-refractivity contribution in [3.05, 3.63) is 0 Å². The van der Waals surface area contributed by atoms with Gasteiger partial charge in [-0.3, -0.25) is 10.0 Å². The van der Waals surface area contributed by atoms with E-state index in [1.807, 2.05) is 0 Å². The Bertz CT molecular complexity index is 371. The highest BCUT2D eigenvalue weighted by Crippen LogP contribution is 2.41. The summed E-state index contributed by atoms with van der Waals surface area (Å²) in [7, 11) is 0. The number of aliphatic imine (C=N–C) groups is 1. The van der Waals surface area contributed by atoms with Gasteiger partial charge in [-0.05, 0) is 50.9 Å². The Balaban J connectivity index is 1.68. The van der Waals surface area contributed by atoms with E-state index in [0.29, 0.717) is 6.17 Å². The van der Waals surface area contributed by atoms with Crippen LogP contribution in [0.15, 0.2) is 10.1 Å². The third-order valence-electron chi connectivity index (χ3n) is 4.76. The Morgan fingerprint density at radius 2 is 1.88 bits per heavy atom. The van der Waals surface area contributed by atoms with E-state index < -0.39 is 0 Å². The molecule has 0 spiro atoms. The molecule has 0 aromatic heterocycles. The number of nitrogens with zero attached hydrogens (tertiary/aromatic N) is 3. The van der Waals surface area contributed by atoms with Crippen molar-refractivity contribution in [2.45, 2.75) is 63.6 Å². The highest BCUT2D eigenvalue weighted by Gasteiger charge is 2.41. The smallest absolute Gasteiger partial charge is 0.137 e. The molecule has 2 aliphatic carbocycles. The molecule has 3 unspecified atom stereocenters. The van der Waals surface area contributed by atoms with Crippen molar-refractivity contribution < 1.29 is 0 Å². The van der Waals surface area contributed by atoms with Gasteiger partial charge in [-0.1, -0.05) is 6.42 Å². The van der Waals surface area contributed by atoms with E-state index in [2.05, 4.69) is 5.01 Å². The third-order valence-corrected chi connectivity index (χ3v) is 4.76. The number of fused-ring (bicyclic) bond motifs is 4. The average Bonchev–Trinajstić information content (AvgIpc) is 2.94. The van der Waals surface area contributed by atoms with Gasteiger partial charge in [-0.25, -0.2) is 0 Å². The second-order valence-corrected chi connectivity index (χ2v) is 5.67. The van der Waals surface area contributed by atoms with Crippen molar-refractivity contribution in [3.63, 3.8) is 0 Å². The summed E-state index contributed by atoms with van der Waals surface area (Å²) >= 11 is 0. The van der Waals surface area contributed by atoms with Crippen LogP contribution in [-0.2, 0) is 0 Å². The van der Waals surface area contributed by atoms with Crippen LogP contribution in [0.4, 0.5) is 0 Å². The molecular formula is C13H19N3. The van der Waals surface area contributed by atoms with E-state index in [-0.39, 0.29) is 0 Å². The normalized spacial score (nSPS) is 41.0. The Hall–Kier alpha value is -0.860. The summed E-state index contributed by atoms with van der Waals surface area (Å²) in [5, 5.41) is 7.31. The van der Waals surface area contributed by atoms with Gasteiger partial charge in [0.25, 0.3) is 0 Å². The molecule has 0 radical (unpaired) electrons. The molecule has 3 nitrogen and oxygen atoms in total. The Labute approximate surface area is 96.6 Å². The van der Waals surface area contributed by atoms with Crippen LogP contribution in [0.1, 0.15) is 51.4 Å². The molecule has 16 heavy (non-hydrogen) atoms. The van der Waals surface area contributed by atoms with E-state index >= 15 is 0 Å². The highest BCUT2D eigenvalue weighted by atomic mass is 15.5. The van der Waals surface area contributed by atoms with Gasteiger partial charge in [0.05, 0.1) is 17.5 Å². The van der Waals surface area contributed by atoms with Crippen LogP contribution in [0, 0.1) is 5.92 Å². The number of rotatable bonds is 0. The van der Waals surface area contributed by atoms with Gasteiger partial charge in [0, 0.05) is 0 Å². The Kier molecular flexibility index (Phi) is 1.91. The lowest BCUT2D eigenvalue weighted by atomic mass is 9.91. The molecule has 0 N–H and O–H groups in total. The molecule has 0 aromatic rings. The van der Waals surface area contributed by atoms with Gasteiger partial charge in [0.1, 0.15) is 6.17 Å². The van der Waals surface area contributed by atoms with Crippen molar-refractivity contribution in [3.8, 4) is 0 Å². The van der Waals surface area contributed by atoms with Crippen molar-refractivity contribution in [1.82, 2.24) is 5.01 Å². The molecule has 3 heteroatoms. The van der Waals surface area contributed by atoms with Crippen LogP contribution in [0.2, 0.25) is 0 Å². The third kappa shape index (κ3) is 1.20. The van der Waals surface area contributed by atoms with Gasteiger partial charge < -0.3 is 0 Å². The first-order valence-electron chi connectivity index (χ1n) is 6.85. The lowest BCUT2D eigenvalue weighted by molar-refractivity contribution is 0.0608. The predicted octanol–water partition coefficient (Wildman–Crippen LogP) is 2.57. The first-order chi connectivity index (χ1) is 7.92. The maximum atomic E-state index is 4.94. The first kappa shape index (κ1) is 9.20. The van der Waals surface area contributed by atoms with Crippen molar-refractivity contribution in [2.75, 3.05) is 0 Å². The molecule has 2 heterocycles. The van der Waals surface area contributed by atoms with Gasteiger partial charge >= 0.3 is 0 Å². The first-order valence-corrected chi connectivity index (χ1v) is 6.85. The molecular weight excluding hydrogens is 198 g/mol. The minimum absolute atomic E-state index is 0.399. The lowest BCUT2D eigenvalue weighted by Gasteiger charge is -2.42. The van der Waals surface area contributed by atoms with Crippen LogP contribution in [0.25, 0.3) is 0 Å². The molecule has 2 saturated carbocycles. The monoisotopic (exact) mass is 217 g/mol. The zero-order valence-corrected chi connectivity index (χ0v) is 9.73. The maximum Gasteiger partial charge on any atom is 0.137 e. The van der Waals surface area contributed by atoms with Crippen LogP contribution >= 0.6 is 0 Å². The largest absolute Gasteiger partial charge is 0.269 e. The summed E-state index contributed by atoms with van der Waals surface area (Å²) in [6.45, 7) is 0. The lowest BCUT2D eigenvalue weighted by Crippen LogP contribution is -2.48. The van der Waals surface area contributed by atoms with Crippen molar-refractivity contribution >= 4 is 11.4 Å². The summed E-state index contributed by atoms with van der Waals surface area (Å²) in [6, 6.07) is 0.720. The SMILES string of the molecule is C1CC2=NC3CCC4CCCC4N3N=C2C1. The molecule has 0 amide bonds. The molecule has 4 aliphatic rings. The van der Waals surface area contributed by atoms with E-state index in [1.54, 1.807) is 0 Å². The summed E-state index contributed by atoms with van der Waals surface area (Å²) in [5.41, 5.74) is 2.64. The molecule has 4 rings (SSSR count). The predicted molar refractivity (Wildman–Crippen MR) is 64.7 cm³/mol. The van der Waals surface area contributed by atoms with Crippen LogP contribution < -0.4 is 0 Å². The van der Waals surface area contributed by atoms with Gasteiger partial charge in [-0.15, -0.1) is 0 Å². The molecule has 0 bridgehead atoms. The van der Waals surface area contributed by atoms with Crippen molar-refractivity contribution in [1.29, 1.82) is 0 Å². The zero-order chi connectivity index (χ0) is 10.5. The van der Waals surface area contributed by atoms with Crippen molar-refractivity contribution in [2.24, 2.45) is 16.0 Å². The van der Waals surface area contributed by atoms with Gasteiger partial charge in [-0.2, -0.15) is 5.10 Å². The van der Waals surface area contributed by atoms with Crippen LogP contribution in [0.5, 0.6) is 0 Å². The van der Waals surface area contributed by atoms with E-state index in [1.165, 1.54) is 62.8 Å².